The van der Waals surface area contributed by atoms with Crippen LogP contribution in [0.15, 0.2) is 60.4 Å². The first-order valence-corrected chi connectivity index (χ1v) is 14.7. The highest BCUT2D eigenvalue weighted by atomic mass is 19.1. The van der Waals surface area contributed by atoms with Crippen molar-refractivity contribution in [2.75, 3.05) is 39.9 Å². The number of phenolic OH excluding ortho intramolecular Hbond substituents is 1. The van der Waals surface area contributed by atoms with Gasteiger partial charge in [0.05, 0.1) is 7.11 Å². The molecule has 1 aliphatic heterocycles. The molecular formula is C33H43FN2O3. The lowest BCUT2D eigenvalue weighted by atomic mass is 9.72. The Morgan fingerprint density at radius 2 is 1.92 bits per heavy atom. The second kappa shape index (κ2) is 13.0. The minimum Gasteiger partial charge on any atom is -0.508 e. The van der Waals surface area contributed by atoms with Gasteiger partial charge in [0.25, 0.3) is 0 Å². The van der Waals surface area contributed by atoms with Crippen molar-refractivity contribution in [1.29, 1.82) is 0 Å². The monoisotopic (exact) mass is 534 g/mol. The molecule has 0 radical (unpaired) electrons. The van der Waals surface area contributed by atoms with E-state index in [2.05, 4.69) is 41.0 Å². The number of rotatable bonds is 10. The summed E-state index contributed by atoms with van der Waals surface area (Å²) in [5, 5.41) is 9.90. The van der Waals surface area contributed by atoms with E-state index in [1.165, 1.54) is 30.4 Å². The minimum absolute atomic E-state index is 0.155. The molecule has 1 N–H and O–H groups in total. The van der Waals surface area contributed by atoms with Gasteiger partial charge in [0.1, 0.15) is 18.1 Å². The predicted octanol–water partition coefficient (Wildman–Crippen LogP) is 6.11. The molecule has 5 rings (SSSR count). The van der Waals surface area contributed by atoms with Gasteiger partial charge in [-0.25, -0.2) is 4.39 Å². The van der Waals surface area contributed by atoms with Crippen LogP contribution in [0, 0.1) is 17.7 Å². The standard InChI is InChI=1S/C33H43FN2O3/c1-3-36(23-24-7-14-33(31(34)19-24)39-18-17-35-15-5-4-6-16-35)32-22-29(38-2)12-13-30(32)27-9-8-26-21-28(37)11-10-25(26)20-27/h7,10-14,19,21-22,27,30,32,37H,3-6,8-9,15-18,20,23H2,1-2H3/t27-,30?,32?/m1/s1. The van der Waals surface area contributed by atoms with Crippen LogP contribution in [0.5, 0.6) is 11.5 Å². The Balaban J connectivity index is 1.26. The number of hydrogen-bond donors (Lipinski definition) is 1. The molecule has 2 aromatic carbocycles. The first kappa shape index (κ1) is 27.7. The van der Waals surface area contributed by atoms with Crippen LogP contribution < -0.4 is 4.74 Å². The topological polar surface area (TPSA) is 45.2 Å². The molecule has 0 saturated carbocycles. The molecule has 0 spiro atoms. The Kier molecular flexibility index (Phi) is 9.25. The number of allylic oxidation sites excluding steroid dienone is 1. The number of halogens is 1. The van der Waals surface area contributed by atoms with Crippen molar-refractivity contribution in [1.82, 2.24) is 9.80 Å². The Bertz CT molecular complexity index is 1170. The molecule has 1 heterocycles. The lowest BCUT2D eigenvalue weighted by Crippen LogP contribution is -2.43. The zero-order valence-electron chi connectivity index (χ0n) is 23.4. The smallest absolute Gasteiger partial charge is 0.165 e. The SMILES string of the molecule is CCN(Cc1ccc(OCCN2CCCCC2)c(F)c1)C1C=C(OC)C=CC1[C@@H]1CCc2cc(O)ccc2C1. The van der Waals surface area contributed by atoms with E-state index in [1.807, 2.05) is 12.1 Å². The molecular weight excluding hydrogens is 491 g/mol. The van der Waals surface area contributed by atoms with Crippen molar-refractivity contribution >= 4 is 0 Å². The molecule has 5 nitrogen and oxygen atoms in total. The molecule has 2 unspecified atom stereocenters. The molecule has 3 aliphatic rings. The number of aryl methyl sites for hydroxylation is 1. The van der Waals surface area contributed by atoms with Crippen LogP contribution in [-0.4, -0.2) is 60.8 Å². The Morgan fingerprint density at radius 1 is 1.08 bits per heavy atom. The molecule has 6 heteroatoms. The predicted molar refractivity (Wildman–Crippen MR) is 153 cm³/mol. The lowest BCUT2D eigenvalue weighted by molar-refractivity contribution is 0.147. The minimum atomic E-state index is -0.289. The van der Waals surface area contributed by atoms with Crippen molar-refractivity contribution in [2.24, 2.45) is 11.8 Å². The van der Waals surface area contributed by atoms with E-state index in [0.717, 1.165) is 56.8 Å². The first-order chi connectivity index (χ1) is 19.0. The van der Waals surface area contributed by atoms with Crippen molar-refractivity contribution in [3.63, 3.8) is 0 Å². The molecule has 1 saturated heterocycles. The van der Waals surface area contributed by atoms with Gasteiger partial charge < -0.3 is 14.6 Å². The zero-order valence-corrected chi connectivity index (χ0v) is 23.4. The fraction of sp³-hybridized carbons (Fsp3) is 0.515. The fourth-order valence-electron chi connectivity index (χ4n) is 6.56. The fourth-order valence-corrected chi connectivity index (χ4v) is 6.56. The van der Waals surface area contributed by atoms with E-state index in [1.54, 1.807) is 25.3 Å². The van der Waals surface area contributed by atoms with Crippen molar-refractivity contribution in [3.8, 4) is 11.5 Å². The summed E-state index contributed by atoms with van der Waals surface area (Å²) in [4.78, 5) is 4.83. The van der Waals surface area contributed by atoms with Crippen LogP contribution in [0.4, 0.5) is 4.39 Å². The van der Waals surface area contributed by atoms with Crippen LogP contribution in [0.3, 0.4) is 0 Å². The summed E-state index contributed by atoms with van der Waals surface area (Å²) in [7, 11) is 1.71. The summed E-state index contributed by atoms with van der Waals surface area (Å²) in [6, 6.07) is 11.4. The first-order valence-electron chi connectivity index (χ1n) is 14.7. The molecule has 0 bridgehead atoms. The number of aromatic hydroxyl groups is 1. The van der Waals surface area contributed by atoms with Gasteiger partial charge in [-0.2, -0.15) is 0 Å². The average Bonchev–Trinajstić information content (AvgIpc) is 2.97. The summed E-state index contributed by atoms with van der Waals surface area (Å²) in [6.07, 6.45) is 13.5. The molecule has 39 heavy (non-hydrogen) atoms. The highest BCUT2D eigenvalue weighted by molar-refractivity contribution is 5.37. The zero-order chi connectivity index (χ0) is 27.2. The number of piperidine rings is 1. The van der Waals surface area contributed by atoms with E-state index in [-0.39, 0.29) is 11.9 Å². The Labute approximate surface area is 232 Å². The van der Waals surface area contributed by atoms with E-state index in [9.17, 15) is 5.11 Å². The van der Waals surface area contributed by atoms with Crippen LogP contribution in [0.25, 0.3) is 0 Å². The maximum absolute atomic E-state index is 15.0. The highest BCUT2D eigenvalue weighted by Crippen LogP contribution is 2.38. The van der Waals surface area contributed by atoms with Gasteiger partial charge in [0, 0.05) is 19.1 Å². The van der Waals surface area contributed by atoms with E-state index < -0.39 is 0 Å². The number of nitrogens with zero attached hydrogens (tertiary/aromatic N) is 2. The molecule has 2 aromatic rings. The van der Waals surface area contributed by atoms with Gasteiger partial charge in [-0.05, 0) is 117 Å². The third-order valence-corrected chi connectivity index (χ3v) is 8.77. The normalized spacial score (nSPS) is 23.4. The number of likely N-dealkylation sites (tertiary alicyclic amines) is 1. The van der Waals surface area contributed by atoms with E-state index >= 15 is 4.39 Å². The largest absolute Gasteiger partial charge is 0.508 e. The summed E-state index contributed by atoms with van der Waals surface area (Å²) < 4.78 is 26.5. The third-order valence-electron chi connectivity index (χ3n) is 8.77. The molecule has 3 atom stereocenters. The Morgan fingerprint density at radius 3 is 2.69 bits per heavy atom. The van der Waals surface area contributed by atoms with Gasteiger partial charge >= 0.3 is 0 Å². The lowest BCUT2D eigenvalue weighted by Gasteiger charge is -2.41. The average molecular weight is 535 g/mol. The number of fused-ring (bicyclic) bond motifs is 1. The van der Waals surface area contributed by atoms with Gasteiger partial charge in [-0.3, -0.25) is 9.80 Å². The number of methoxy groups -OCH3 is 1. The summed E-state index contributed by atoms with van der Waals surface area (Å²) in [5.74, 6) is 2.08. The number of hydrogen-bond acceptors (Lipinski definition) is 5. The molecule has 1 fully saturated rings. The number of ether oxygens (including phenoxy) is 2. The van der Waals surface area contributed by atoms with E-state index in [0.29, 0.717) is 36.5 Å². The highest BCUT2D eigenvalue weighted by Gasteiger charge is 2.34. The summed E-state index contributed by atoms with van der Waals surface area (Å²) in [5.41, 5.74) is 3.54. The van der Waals surface area contributed by atoms with Crippen LogP contribution in [-0.2, 0) is 24.1 Å². The maximum atomic E-state index is 15.0. The second-order valence-electron chi connectivity index (χ2n) is 11.2. The summed E-state index contributed by atoms with van der Waals surface area (Å²) >= 11 is 0. The quantitative estimate of drug-likeness (QED) is 0.399. The van der Waals surface area contributed by atoms with Crippen LogP contribution in [0.1, 0.15) is 49.3 Å². The van der Waals surface area contributed by atoms with Gasteiger partial charge in [0.15, 0.2) is 11.6 Å². The Hall–Kier alpha value is -2.83. The molecule has 2 aliphatic carbocycles. The molecule has 0 amide bonds. The second-order valence-corrected chi connectivity index (χ2v) is 11.2. The van der Waals surface area contributed by atoms with Crippen molar-refractivity contribution in [3.05, 3.63) is 82.9 Å². The van der Waals surface area contributed by atoms with Crippen molar-refractivity contribution in [2.45, 2.75) is 58.0 Å². The van der Waals surface area contributed by atoms with Crippen molar-refractivity contribution < 1.29 is 19.0 Å². The number of phenols is 1. The summed E-state index contributed by atoms with van der Waals surface area (Å²) in [6.45, 7) is 7.26. The molecule has 210 valence electrons. The number of likely N-dealkylation sites (N-methyl/N-ethyl adjacent to an activating group) is 1. The third kappa shape index (κ3) is 6.85. The molecule has 0 aromatic heterocycles. The van der Waals surface area contributed by atoms with Crippen LogP contribution >= 0.6 is 0 Å². The maximum Gasteiger partial charge on any atom is 0.165 e. The van der Waals surface area contributed by atoms with Crippen LogP contribution in [0.2, 0.25) is 0 Å². The van der Waals surface area contributed by atoms with E-state index in [4.69, 9.17) is 9.47 Å². The van der Waals surface area contributed by atoms with Gasteiger partial charge in [-0.1, -0.05) is 31.6 Å². The van der Waals surface area contributed by atoms with Gasteiger partial charge in [-0.15, -0.1) is 0 Å². The number of benzene rings is 2. The van der Waals surface area contributed by atoms with Gasteiger partial charge in [0.2, 0.25) is 0 Å².